The van der Waals surface area contributed by atoms with Gasteiger partial charge >= 0.3 is 0 Å². The predicted molar refractivity (Wildman–Crippen MR) is 56.9 cm³/mol. The SMILES string of the molecule is CC.CCc1ccc2occc2c1. The van der Waals surface area contributed by atoms with Crippen LogP contribution in [-0.2, 0) is 6.42 Å². The van der Waals surface area contributed by atoms with Gasteiger partial charge in [0.15, 0.2) is 0 Å². The molecule has 1 heterocycles. The van der Waals surface area contributed by atoms with Crippen LogP contribution in [-0.4, -0.2) is 0 Å². The fourth-order valence-electron chi connectivity index (χ4n) is 1.24. The van der Waals surface area contributed by atoms with Crippen molar-refractivity contribution in [2.45, 2.75) is 27.2 Å². The van der Waals surface area contributed by atoms with E-state index in [1.54, 1.807) is 6.26 Å². The molecule has 0 bridgehead atoms. The van der Waals surface area contributed by atoms with Crippen molar-refractivity contribution in [3.8, 4) is 0 Å². The second-order valence-corrected chi connectivity index (χ2v) is 2.65. The van der Waals surface area contributed by atoms with Gasteiger partial charge in [0.05, 0.1) is 6.26 Å². The molecule has 0 saturated carbocycles. The van der Waals surface area contributed by atoms with Crippen LogP contribution in [0.2, 0.25) is 0 Å². The van der Waals surface area contributed by atoms with E-state index in [1.165, 1.54) is 10.9 Å². The molecule has 0 saturated heterocycles. The average Bonchev–Trinajstić information content (AvgIpc) is 2.67. The van der Waals surface area contributed by atoms with Crippen molar-refractivity contribution in [3.05, 3.63) is 36.1 Å². The van der Waals surface area contributed by atoms with Gasteiger partial charge in [0.1, 0.15) is 5.58 Å². The maximum Gasteiger partial charge on any atom is 0.133 e. The smallest absolute Gasteiger partial charge is 0.133 e. The van der Waals surface area contributed by atoms with Crippen molar-refractivity contribution >= 4 is 11.0 Å². The van der Waals surface area contributed by atoms with Crippen molar-refractivity contribution < 1.29 is 4.42 Å². The van der Waals surface area contributed by atoms with Gasteiger partial charge in [-0.2, -0.15) is 0 Å². The third-order valence-corrected chi connectivity index (χ3v) is 1.93. The van der Waals surface area contributed by atoms with E-state index in [0.717, 1.165) is 12.0 Å². The Morgan fingerprint density at radius 2 is 1.92 bits per heavy atom. The number of aryl methyl sites for hydroxylation is 1. The Kier molecular flexibility index (Phi) is 3.56. The van der Waals surface area contributed by atoms with Crippen molar-refractivity contribution in [1.29, 1.82) is 0 Å². The zero-order valence-electron chi connectivity index (χ0n) is 8.50. The highest BCUT2D eigenvalue weighted by atomic mass is 16.3. The van der Waals surface area contributed by atoms with Gasteiger partial charge in [-0.15, -0.1) is 0 Å². The maximum atomic E-state index is 5.22. The summed E-state index contributed by atoms with van der Waals surface area (Å²) in [7, 11) is 0. The maximum absolute atomic E-state index is 5.22. The van der Waals surface area contributed by atoms with Crippen LogP contribution in [0.25, 0.3) is 11.0 Å². The second-order valence-electron chi connectivity index (χ2n) is 2.65. The Morgan fingerprint density at radius 3 is 2.62 bits per heavy atom. The Hall–Kier alpha value is -1.24. The minimum Gasteiger partial charge on any atom is -0.464 e. The topological polar surface area (TPSA) is 13.1 Å². The van der Waals surface area contributed by atoms with Crippen LogP contribution in [0.5, 0.6) is 0 Å². The number of fused-ring (bicyclic) bond motifs is 1. The first kappa shape index (κ1) is 9.85. The molecule has 2 rings (SSSR count). The molecule has 0 aliphatic heterocycles. The largest absolute Gasteiger partial charge is 0.464 e. The highest BCUT2D eigenvalue weighted by molar-refractivity contribution is 5.77. The molecule has 0 unspecified atom stereocenters. The Bertz CT molecular complexity index is 360. The van der Waals surface area contributed by atoms with Crippen molar-refractivity contribution in [3.63, 3.8) is 0 Å². The first-order valence-electron chi connectivity index (χ1n) is 4.86. The van der Waals surface area contributed by atoms with Gasteiger partial charge in [-0.25, -0.2) is 0 Å². The van der Waals surface area contributed by atoms with Crippen LogP contribution in [0.15, 0.2) is 34.9 Å². The summed E-state index contributed by atoms with van der Waals surface area (Å²) in [6, 6.07) is 8.29. The molecule has 0 fully saturated rings. The highest BCUT2D eigenvalue weighted by Gasteiger charge is 1.95. The molecule has 0 N–H and O–H groups in total. The lowest BCUT2D eigenvalue weighted by molar-refractivity contribution is 0.616. The third kappa shape index (κ3) is 2.11. The summed E-state index contributed by atoms with van der Waals surface area (Å²) in [5.41, 5.74) is 2.33. The minimum atomic E-state index is 0.974. The van der Waals surface area contributed by atoms with Crippen LogP contribution in [0.4, 0.5) is 0 Å². The Labute approximate surface area is 79.4 Å². The Balaban J connectivity index is 0.000000396. The van der Waals surface area contributed by atoms with E-state index in [-0.39, 0.29) is 0 Å². The van der Waals surface area contributed by atoms with Gasteiger partial charge in [0.2, 0.25) is 0 Å². The van der Waals surface area contributed by atoms with Crippen LogP contribution < -0.4 is 0 Å². The number of hydrogen-bond acceptors (Lipinski definition) is 1. The molecule has 1 heteroatoms. The zero-order chi connectivity index (χ0) is 9.68. The minimum absolute atomic E-state index is 0.974. The predicted octanol–water partition coefficient (Wildman–Crippen LogP) is 4.02. The quantitative estimate of drug-likeness (QED) is 0.639. The highest BCUT2D eigenvalue weighted by Crippen LogP contribution is 2.16. The molecule has 0 aliphatic rings. The summed E-state index contributed by atoms with van der Waals surface area (Å²) in [5, 5.41) is 1.20. The van der Waals surface area contributed by atoms with Crippen molar-refractivity contribution in [2.24, 2.45) is 0 Å². The fourth-order valence-corrected chi connectivity index (χ4v) is 1.24. The molecule has 0 aliphatic carbocycles. The number of benzene rings is 1. The fraction of sp³-hybridized carbons (Fsp3) is 0.333. The molecule has 2 aromatic rings. The van der Waals surface area contributed by atoms with E-state index >= 15 is 0 Å². The van der Waals surface area contributed by atoms with Crippen molar-refractivity contribution in [1.82, 2.24) is 0 Å². The van der Waals surface area contributed by atoms with Gasteiger partial charge in [0.25, 0.3) is 0 Å². The van der Waals surface area contributed by atoms with E-state index in [9.17, 15) is 0 Å². The summed E-state index contributed by atoms with van der Waals surface area (Å²) in [4.78, 5) is 0. The van der Waals surface area contributed by atoms with E-state index < -0.39 is 0 Å². The standard InChI is InChI=1S/C10H10O.C2H6/c1-2-8-3-4-10-9(7-8)5-6-11-10;1-2/h3-7H,2H2,1H3;1-2H3. The molecule has 0 spiro atoms. The molecule has 70 valence electrons. The molecular weight excluding hydrogens is 160 g/mol. The molecule has 1 nitrogen and oxygen atoms in total. The van der Waals surface area contributed by atoms with E-state index in [1.807, 2.05) is 26.0 Å². The van der Waals surface area contributed by atoms with Crippen LogP contribution >= 0.6 is 0 Å². The summed E-state index contributed by atoms with van der Waals surface area (Å²) in [5.74, 6) is 0. The number of hydrogen-bond donors (Lipinski definition) is 0. The number of furan rings is 1. The monoisotopic (exact) mass is 176 g/mol. The van der Waals surface area contributed by atoms with Crippen LogP contribution in [0.1, 0.15) is 26.3 Å². The molecule has 1 aromatic carbocycles. The summed E-state index contributed by atoms with van der Waals surface area (Å²) >= 11 is 0. The lowest BCUT2D eigenvalue weighted by Gasteiger charge is -1.93. The number of rotatable bonds is 1. The van der Waals surface area contributed by atoms with Gasteiger partial charge in [0, 0.05) is 5.39 Å². The molecule has 0 radical (unpaired) electrons. The third-order valence-electron chi connectivity index (χ3n) is 1.93. The van der Waals surface area contributed by atoms with Gasteiger partial charge < -0.3 is 4.42 Å². The van der Waals surface area contributed by atoms with Gasteiger partial charge in [-0.3, -0.25) is 0 Å². The lowest BCUT2D eigenvalue weighted by Crippen LogP contribution is -1.76. The molecule has 0 amide bonds. The summed E-state index contributed by atoms with van der Waals surface area (Å²) in [6.07, 6.45) is 2.81. The summed E-state index contributed by atoms with van der Waals surface area (Å²) < 4.78 is 5.22. The normalized spacial score (nSPS) is 9.46. The first-order chi connectivity index (χ1) is 6.40. The van der Waals surface area contributed by atoms with E-state index in [2.05, 4.69) is 19.1 Å². The van der Waals surface area contributed by atoms with Gasteiger partial charge in [-0.1, -0.05) is 26.8 Å². The van der Waals surface area contributed by atoms with Crippen molar-refractivity contribution in [2.75, 3.05) is 0 Å². The lowest BCUT2D eigenvalue weighted by atomic mass is 10.1. The molecule has 13 heavy (non-hydrogen) atoms. The average molecular weight is 176 g/mol. The zero-order valence-corrected chi connectivity index (χ0v) is 8.50. The second kappa shape index (κ2) is 4.70. The summed E-state index contributed by atoms with van der Waals surface area (Å²) in [6.45, 7) is 6.15. The Morgan fingerprint density at radius 1 is 1.15 bits per heavy atom. The molecular formula is C12H16O. The van der Waals surface area contributed by atoms with Crippen LogP contribution in [0.3, 0.4) is 0 Å². The van der Waals surface area contributed by atoms with E-state index in [0.29, 0.717) is 0 Å². The van der Waals surface area contributed by atoms with Crippen LogP contribution in [0, 0.1) is 0 Å². The first-order valence-corrected chi connectivity index (χ1v) is 4.86. The molecule has 1 aromatic heterocycles. The van der Waals surface area contributed by atoms with Gasteiger partial charge in [-0.05, 0) is 30.2 Å². The molecule has 0 atom stereocenters. The van der Waals surface area contributed by atoms with E-state index in [4.69, 9.17) is 4.42 Å².